The molecule has 4 nitrogen and oxygen atoms in total. The highest BCUT2D eigenvalue weighted by molar-refractivity contribution is 7.80. The van der Waals surface area contributed by atoms with Crippen LogP contribution in [-0.2, 0) is 9.59 Å². The summed E-state index contributed by atoms with van der Waals surface area (Å²) in [6.07, 6.45) is 2.59. The molecule has 1 aliphatic rings. The molecule has 1 aromatic carbocycles. The first kappa shape index (κ1) is 15.3. The third-order valence-corrected chi connectivity index (χ3v) is 3.44. The van der Waals surface area contributed by atoms with Crippen LogP contribution in [0.3, 0.4) is 0 Å². The van der Waals surface area contributed by atoms with Gasteiger partial charge < -0.3 is 0 Å². The van der Waals surface area contributed by atoms with Crippen molar-refractivity contribution in [3.63, 3.8) is 0 Å². The Bertz CT molecular complexity index is 667. The highest BCUT2D eigenvalue weighted by atomic mass is 35.5. The van der Waals surface area contributed by atoms with E-state index in [1.54, 1.807) is 0 Å². The Morgan fingerprint density at radius 3 is 2.76 bits per heavy atom. The minimum Gasteiger partial charge on any atom is -0.298 e. The number of hydrogen-bond donors (Lipinski definition) is 1. The molecule has 1 heterocycles. The maximum atomic E-state index is 13.8. The van der Waals surface area contributed by atoms with Gasteiger partial charge in [-0.05, 0) is 30.4 Å². The van der Waals surface area contributed by atoms with E-state index in [1.165, 1.54) is 24.3 Å². The van der Waals surface area contributed by atoms with Gasteiger partial charge in [0, 0.05) is 12.1 Å². The number of benzene rings is 1. The number of amides is 2. The summed E-state index contributed by atoms with van der Waals surface area (Å²) in [6.45, 7) is 3.65. The van der Waals surface area contributed by atoms with Gasteiger partial charge in [0.25, 0.3) is 11.8 Å². The fourth-order valence-corrected chi connectivity index (χ4v) is 2.25. The van der Waals surface area contributed by atoms with Crippen LogP contribution in [0.15, 0.2) is 36.4 Å². The van der Waals surface area contributed by atoms with E-state index in [1.807, 2.05) is 0 Å². The first-order valence-corrected chi connectivity index (χ1v) is 6.68. The molecular weight excluding hydrogens is 315 g/mol. The molecule has 108 valence electrons. The first-order chi connectivity index (χ1) is 9.95. The van der Waals surface area contributed by atoms with Gasteiger partial charge in [-0.1, -0.05) is 23.7 Å². The van der Waals surface area contributed by atoms with Crippen LogP contribution in [0.4, 0.5) is 4.39 Å². The summed E-state index contributed by atoms with van der Waals surface area (Å²) in [5, 5.41) is 2.46. The van der Waals surface area contributed by atoms with Crippen LogP contribution < -0.4 is 5.32 Å². The first-order valence-electron chi connectivity index (χ1n) is 5.89. The Morgan fingerprint density at radius 2 is 2.14 bits per heavy atom. The maximum Gasteiger partial charge on any atom is 0.265 e. The summed E-state index contributed by atoms with van der Waals surface area (Å²) in [6, 6.07) is 4.09. The topological polar surface area (TPSA) is 49.4 Å². The van der Waals surface area contributed by atoms with Gasteiger partial charge in [0.2, 0.25) is 0 Å². The second kappa shape index (κ2) is 6.15. The summed E-state index contributed by atoms with van der Waals surface area (Å²) >= 11 is 10.8. The van der Waals surface area contributed by atoms with E-state index in [-0.39, 0.29) is 27.8 Å². The molecule has 21 heavy (non-hydrogen) atoms. The Hall–Kier alpha value is -2.05. The number of rotatable bonds is 3. The van der Waals surface area contributed by atoms with E-state index in [0.717, 1.165) is 11.0 Å². The van der Waals surface area contributed by atoms with Crippen LogP contribution in [0.25, 0.3) is 6.08 Å². The molecule has 1 N–H and O–H groups in total. The molecule has 0 spiro atoms. The van der Waals surface area contributed by atoms with E-state index in [2.05, 4.69) is 11.9 Å². The molecule has 0 unspecified atom stereocenters. The van der Waals surface area contributed by atoms with Crippen LogP contribution >= 0.6 is 23.8 Å². The largest absolute Gasteiger partial charge is 0.298 e. The molecule has 1 aliphatic heterocycles. The Kier molecular flexibility index (Phi) is 4.50. The highest BCUT2D eigenvalue weighted by Crippen LogP contribution is 2.23. The zero-order valence-electron chi connectivity index (χ0n) is 10.7. The molecule has 1 saturated heterocycles. The molecule has 1 aromatic rings. The standard InChI is InChI=1S/C14H10ClFN2O2S/c1-2-6-18-13(20)9(12(19)17-14(18)21)7-8-10(15)4-3-5-11(8)16/h2-5,7H,1,6H2,(H,17,19,21)/b9-7+. The lowest BCUT2D eigenvalue weighted by Gasteiger charge is -2.27. The fraction of sp³-hybridized carbons (Fsp3) is 0.0714. The molecule has 0 atom stereocenters. The summed E-state index contributed by atoms with van der Waals surface area (Å²) in [7, 11) is 0. The molecule has 2 amide bonds. The zero-order valence-corrected chi connectivity index (χ0v) is 12.3. The minimum atomic E-state index is -0.690. The van der Waals surface area contributed by atoms with Gasteiger partial charge in [0.05, 0.1) is 5.02 Å². The van der Waals surface area contributed by atoms with Crippen molar-refractivity contribution in [2.45, 2.75) is 0 Å². The summed E-state index contributed by atoms with van der Waals surface area (Å²) in [5.41, 5.74) is -0.263. The lowest BCUT2D eigenvalue weighted by Crippen LogP contribution is -2.53. The van der Waals surface area contributed by atoms with Gasteiger partial charge in [-0.2, -0.15) is 0 Å². The quantitative estimate of drug-likeness (QED) is 0.402. The highest BCUT2D eigenvalue weighted by Gasteiger charge is 2.32. The zero-order chi connectivity index (χ0) is 15.6. The van der Waals surface area contributed by atoms with Gasteiger partial charge in [0.15, 0.2) is 5.11 Å². The Labute approximate surface area is 130 Å². The third-order valence-electron chi connectivity index (χ3n) is 2.79. The van der Waals surface area contributed by atoms with Gasteiger partial charge in [-0.3, -0.25) is 19.8 Å². The van der Waals surface area contributed by atoms with E-state index in [4.69, 9.17) is 23.8 Å². The van der Waals surface area contributed by atoms with E-state index < -0.39 is 17.6 Å². The van der Waals surface area contributed by atoms with Crippen molar-refractivity contribution in [2.75, 3.05) is 6.54 Å². The summed E-state index contributed by atoms with van der Waals surface area (Å²) in [4.78, 5) is 25.3. The Balaban J connectivity index is 2.48. The van der Waals surface area contributed by atoms with Crippen molar-refractivity contribution >= 4 is 46.8 Å². The molecule has 0 aliphatic carbocycles. The average molecular weight is 325 g/mol. The number of thiocarbonyl (C=S) groups is 1. The van der Waals surface area contributed by atoms with Crippen molar-refractivity contribution in [1.29, 1.82) is 0 Å². The molecule has 1 fully saturated rings. The third kappa shape index (κ3) is 3.01. The van der Waals surface area contributed by atoms with Gasteiger partial charge in [0.1, 0.15) is 11.4 Å². The van der Waals surface area contributed by atoms with Crippen LogP contribution in [-0.4, -0.2) is 28.4 Å². The molecule has 0 bridgehead atoms. The second-order valence-corrected chi connectivity index (χ2v) is 4.95. The monoisotopic (exact) mass is 324 g/mol. The predicted molar refractivity (Wildman–Crippen MR) is 82.0 cm³/mol. The summed E-state index contributed by atoms with van der Waals surface area (Å²) in [5.74, 6) is -1.94. The van der Waals surface area contributed by atoms with Crippen molar-refractivity contribution < 1.29 is 14.0 Å². The molecule has 0 aromatic heterocycles. The van der Waals surface area contributed by atoms with Crippen molar-refractivity contribution in [3.05, 3.63) is 52.8 Å². The number of hydrogen-bond acceptors (Lipinski definition) is 3. The summed E-state index contributed by atoms with van der Waals surface area (Å²) < 4.78 is 13.8. The number of nitrogens with one attached hydrogen (secondary N) is 1. The number of carbonyl (C=O) groups is 2. The molecule has 0 saturated carbocycles. The van der Waals surface area contributed by atoms with Crippen LogP contribution in [0, 0.1) is 5.82 Å². The van der Waals surface area contributed by atoms with Crippen molar-refractivity contribution in [1.82, 2.24) is 10.2 Å². The minimum absolute atomic E-state index is 0.0123. The second-order valence-electron chi connectivity index (χ2n) is 4.16. The normalized spacial score (nSPS) is 17.1. The molecule has 0 radical (unpaired) electrons. The predicted octanol–water partition coefficient (Wildman–Crippen LogP) is 2.29. The molecule has 7 heteroatoms. The smallest absolute Gasteiger partial charge is 0.265 e. The number of carbonyl (C=O) groups excluding carboxylic acids is 2. The van der Waals surface area contributed by atoms with E-state index >= 15 is 0 Å². The molecule has 2 rings (SSSR count). The number of halogens is 2. The fourth-order valence-electron chi connectivity index (χ4n) is 1.78. The van der Waals surface area contributed by atoms with Crippen LogP contribution in [0.2, 0.25) is 5.02 Å². The SMILES string of the molecule is C=CCN1C(=O)/C(=C/c2c(F)cccc2Cl)C(=O)NC1=S. The van der Waals surface area contributed by atoms with E-state index in [9.17, 15) is 14.0 Å². The van der Waals surface area contributed by atoms with E-state index in [0.29, 0.717) is 0 Å². The Morgan fingerprint density at radius 1 is 1.43 bits per heavy atom. The van der Waals surface area contributed by atoms with Gasteiger partial charge in [-0.15, -0.1) is 6.58 Å². The van der Waals surface area contributed by atoms with Crippen LogP contribution in [0.1, 0.15) is 5.56 Å². The van der Waals surface area contributed by atoms with Crippen LogP contribution in [0.5, 0.6) is 0 Å². The maximum absolute atomic E-state index is 13.8. The van der Waals surface area contributed by atoms with Gasteiger partial charge in [-0.25, -0.2) is 4.39 Å². The van der Waals surface area contributed by atoms with Crippen molar-refractivity contribution in [2.24, 2.45) is 0 Å². The molecular formula is C14H10ClFN2O2S. The lowest BCUT2D eigenvalue weighted by molar-refractivity contribution is -0.128. The lowest BCUT2D eigenvalue weighted by atomic mass is 10.1. The number of nitrogens with zero attached hydrogens (tertiary/aromatic N) is 1. The average Bonchev–Trinajstić information content (AvgIpc) is 2.42. The van der Waals surface area contributed by atoms with Gasteiger partial charge >= 0.3 is 0 Å². The van der Waals surface area contributed by atoms with Crippen molar-refractivity contribution in [3.8, 4) is 0 Å².